The summed E-state index contributed by atoms with van der Waals surface area (Å²) in [5.74, 6) is 0.396. The topological polar surface area (TPSA) is 86.2 Å². The number of nitrogens with one attached hydrogen (secondary N) is 1. The van der Waals surface area contributed by atoms with E-state index in [1.165, 1.54) is 0 Å². The summed E-state index contributed by atoms with van der Waals surface area (Å²) in [6.45, 7) is 6.19. The van der Waals surface area contributed by atoms with Crippen LogP contribution in [0.25, 0.3) is 0 Å². The molecular formula is C26H34N2O5. The molecule has 0 aromatic heterocycles. The number of nitrogens with zero attached hydrogens (tertiary/aromatic N) is 1. The van der Waals surface area contributed by atoms with Gasteiger partial charge in [0.2, 0.25) is 0 Å². The standard InChI is InChI=1S/C26H34N2O5/c1-26(2,3)33-24(29)23(28-18-20-13-15-22(31-4)16-14-20)12-8-9-17-27-25(30)32-19-21-10-6-5-7-11-21/h5-7,10-11,13-16,18,23H,8-9,12,17,19H2,1-4H3,(H,27,30)/b28-18+. The molecule has 0 aliphatic carbocycles. The van der Waals surface area contributed by atoms with Gasteiger partial charge < -0.3 is 19.5 Å². The van der Waals surface area contributed by atoms with Crippen LogP contribution in [0.3, 0.4) is 0 Å². The number of ether oxygens (including phenoxy) is 3. The molecule has 0 saturated carbocycles. The lowest BCUT2D eigenvalue weighted by molar-refractivity contribution is -0.156. The first-order valence-corrected chi connectivity index (χ1v) is 11.1. The van der Waals surface area contributed by atoms with Gasteiger partial charge in [-0.05, 0) is 75.4 Å². The average molecular weight is 455 g/mol. The van der Waals surface area contributed by atoms with Gasteiger partial charge in [-0.15, -0.1) is 0 Å². The van der Waals surface area contributed by atoms with Gasteiger partial charge in [-0.2, -0.15) is 0 Å². The van der Waals surface area contributed by atoms with Crippen LogP contribution in [0, 0.1) is 0 Å². The molecule has 33 heavy (non-hydrogen) atoms. The minimum Gasteiger partial charge on any atom is -0.497 e. The number of rotatable bonds is 11. The number of alkyl carbamates (subject to hydrolysis) is 1. The molecule has 2 rings (SSSR count). The Labute approximate surface area is 196 Å². The highest BCUT2D eigenvalue weighted by Crippen LogP contribution is 2.15. The van der Waals surface area contributed by atoms with Crippen molar-refractivity contribution in [2.75, 3.05) is 13.7 Å². The smallest absolute Gasteiger partial charge is 0.407 e. The van der Waals surface area contributed by atoms with Crippen molar-refractivity contribution in [2.45, 2.75) is 58.3 Å². The number of carbonyl (C=O) groups excluding carboxylic acids is 2. The molecule has 0 fully saturated rings. The first kappa shape index (κ1) is 25.9. The molecule has 2 aromatic carbocycles. The van der Waals surface area contributed by atoms with Crippen LogP contribution >= 0.6 is 0 Å². The van der Waals surface area contributed by atoms with Crippen LogP contribution in [-0.4, -0.2) is 43.6 Å². The maximum absolute atomic E-state index is 12.6. The molecule has 7 heteroatoms. The highest BCUT2D eigenvalue weighted by atomic mass is 16.6. The lowest BCUT2D eigenvalue weighted by atomic mass is 10.1. The monoisotopic (exact) mass is 454 g/mol. The number of carbonyl (C=O) groups is 2. The number of methoxy groups -OCH3 is 1. The fraction of sp³-hybridized carbons (Fsp3) is 0.423. The summed E-state index contributed by atoms with van der Waals surface area (Å²) in [7, 11) is 1.61. The van der Waals surface area contributed by atoms with Crippen molar-refractivity contribution >= 4 is 18.3 Å². The number of aliphatic imine (C=N–C) groups is 1. The summed E-state index contributed by atoms with van der Waals surface area (Å²) in [6, 6.07) is 16.3. The molecule has 1 N–H and O–H groups in total. The molecule has 1 unspecified atom stereocenters. The van der Waals surface area contributed by atoms with Crippen LogP contribution in [0.4, 0.5) is 4.79 Å². The molecule has 0 aliphatic heterocycles. The van der Waals surface area contributed by atoms with Crippen molar-refractivity contribution < 1.29 is 23.8 Å². The van der Waals surface area contributed by atoms with Gasteiger partial charge >= 0.3 is 12.1 Å². The number of hydrogen-bond donors (Lipinski definition) is 1. The van der Waals surface area contributed by atoms with Crippen LogP contribution in [0.5, 0.6) is 5.75 Å². The van der Waals surface area contributed by atoms with Crippen molar-refractivity contribution in [3.8, 4) is 5.75 Å². The van der Waals surface area contributed by atoms with E-state index in [2.05, 4.69) is 10.3 Å². The Bertz CT molecular complexity index is 889. The van der Waals surface area contributed by atoms with Gasteiger partial charge in [0.15, 0.2) is 0 Å². The van der Waals surface area contributed by atoms with Gasteiger partial charge in [0.1, 0.15) is 24.0 Å². The molecule has 2 aromatic rings. The molecule has 1 atom stereocenters. The summed E-state index contributed by atoms with van der Waals surface area (Å²) >= 11 is 0. The number of hydrogen-bond acceptors (Lipinski definition) is 6. The lowest BCUT2D eigenvalue weighted by Crippen LogP contribution is -2.31. The molecule has 1 amide bonds. The third-order valence-corrected chi connectivity index (χ3v) is 4.58. The third-order valence-electron chi connectivity index (χ3n) is 4.58. The van der Waals surface area contributed by atoms with Crippen LogP contribution in [-0.2, 0) is 20.9 Å². The molecule has 0 bridgehead atoms. The van der Waals surface area contributed by atoms with E-state index in [0.717, 1.165) is 16.9 Å². The molecule has 0 aliphatic rings. The van der Waals surface area contributed by atoms with Crippen LogP contribution in [0.15, 0.2) is 59.6 Å². The molecule has 0 saturated heterocycles. The Morgan fingerprint density at radius 2 is 1.73 bits per heavy atom. The molecular weight excluding hydrogens is 420 g/mol. The molecule has 178 valence electrons. The van der Waals surface area contributed by atoms with Gasteiger partial charge in [0.25, 0.3) is 0 Å². The first-order valence-electron chi connectivity index (χ1n) is 11.1. The van der Waals surface area contributed by atoms with E-state index < -0.39 is 17.7 Å². The van der Waals surface area contributed by atoms with Crippen molar-refractivity contribution in [2.24, 2.45) is 4.99 Å². The summed E-state index contributed by atoms with van der Waals surface area (Å²) in [5, 5.41) is 2.74. The SMILES string of the molecule is COc1ccc(/C=N/C(CCCCNC(=O)OCc2ccccc2)C(=O)OC(C)(C)C)cc1. The predicted octanol–water partition coefficient (Wildman–Crippen LogP) is 4.92. The second-order valence-electron chi connectivity index (χ2n) is 8.58. The Morgan fingerprint density at radius 3 is 2.36 bits per heavy atom. The molecule has 0 spiro atoms. The largest absolute Gasteiger partial charge is 0.497 e. The summed E-state index contributed by atoms with van der Waals surface area (Å²) in [6.07, 6.45) is 3.12. The van der Waals surface area contributed by atoms with E-state index in [4.69, 9.17) is 14.2 Å². The zero-order valence-electron chi connectivity index (χ0n) is 19.9. The minimum atomic E-state index is -0.614. The van der Waals surface area contributed by atoms with Crippen molar-refractivity contribution in [3.63, 3.8) is 0 Å². The van der Waals surface area contributed by atoms with Crippen LogP contribution < -0.4 is 10.1 Å². The van der Waals surface area contributed by atoms with Crippen LogP contribution in [0.1, 0.15) is 51.2 Å². The number of amides is 1. The normalized spacial score (nSPS) is 12.2. The zero-order chi connectivity index (χ0) is 24.1. The molecule has 0 heterocycles. The maximum Gasteiger partial charge on any atom is 0.407 e. The minimum absolute atomic E-state index is 0.230. The van der Waals surface area contributed by atoms with Gasteiger partial charge in [-0.3, -0.25) is 4.99 Å². The van der Waals surface area contributed by atoms with Crippen molar-refractivity contribution in [1.29, 1.82) is 0 Å². The first-order chi connectivity index (χ1) is 15.8. The number of unbranched alkanes of at least 4 members (excludes halogenated alkanes) is 1. The van der Waals surface area contributed by atoms with Gasteiger partial charge in [0.05, 0.1) is 7.11 Å². The third kappa shape index (κ3) is 10.7. The molecule has 0 radical (unpaired) electrons. The van der Waals surface area contributed by atoms with Crippen molar-refractivity contribution in [1.82, 2.24) is 5.32 Å². The lowest BCUT2D eigenvalue weighted by Gasteiger charge is -2.22. The van der Waals surface area contributed by atoms with E-state index in [1.54, 1.807) is 13.3 Å². The maximum atomic E-state index is 12.6. The van der Waals surface area contributed by atoms with Gasteiger partial charge in [0, 0.05) is 12.8 Å². The Balaban J connectivity index is 1.80. The van der Waals surface area contributed by atoms with E-state index in [1.807, 2.05) is 75.4 Å². The average Bonchev–Trinajstić information content (AvgIpc) is 2.79. The van der Waals surface area contributed by atoms with E-state index in [0.29, 0.717) is 25.8 Å². The second kappa shape index (κ2) is 13.3. The van der Waals surface area contributed by atoms with Crippen LogP contribution in [0.2, 0.25) is 0 Å². The Kier molecular flexibility index (Phi) is 10.4. The van der Waals surface area contributed by atoms with E-state index in [9.17, 15) is 9.59 Å². The summed E-state index contributed by atoms with van der Waals surface area (Å²) < 4.78 is 15.9. The molecule has 7 nitrogen and oxygen atoms in total. The van der Waals surface area contributed by atoms with E-state index >= 15 is 0 Å². The quantitative estimate of drug-likeness (QED) is 0.296. The Morgan fingerprint density at radius 1 is 1.03 bits per heavy atom. The highest BCUT2D eigenvalue weighted by Gasteiger charge is 2.24. The number of esters is 1. The fourth-order valence-electron chi connectivity index (χ4n) is 2.92. The van der Waals surface area contributed by atoms with E-state index in [-0.39, 0.29) is 12.6 Å². The Hall–Kier alpha value is -3.35. The summed E-state index contributed by atoms with van der Waals surface area (Å²) in [5.41, 5.74) is 1.21. The second-order valence-corrected chi connectivity index (χ2v) is 8.58. The number of benzene rings is 2. The highest BCUT2D eigenvalue weighted by molar-refractivity contribution is 5.84. The fourth-order valence-corrected chi connectivity index (χ4v) is 2.92. The predicted molar refractivity (Wildman–Crippen MR) is 129 cm³/mol. The van der Waals surface area contributed by atoms with Gasteiger partial charge in [-0.1, -0.05) is 30.3 Å². The zero-order valence-corrected chi connectivity index (χ0v) is 19.9. The van der Waals surface area contributed by atoms with Crippen molar-refractivity contribution in [3.05, 3.63) is 65.7 Å². The summed E-state index contributed by atoms with van der Waals surface area (Å²) in [4.78, 5) is 28.9. The van der Waals surface area contributed by atoms with Gasteiger partial charge in [-0.25, -0.2) is 9.59 Å².